The van der Waals surface area contributed by atoms with E-state index >= 15 is 0 Å². The molecule has 0 spiro atoms. The number of rotatable bonds is 3. The molecule has 1 aromatic heterocycles. The normalized spacial score (nSPS) is 12.7. The van der Waals surface area contributed by atoms with Crippen LogP contribution in [0, 0.1) is 5.82 Å². The van der Waals surface area contributed by atoms with Crippen LogP contribution in [0.25, 0.3) is 0 Å². The highest BCUT2D eigenvalue weighted by Gasteiger charge is 2.19. The Balaban J connectivity index is 2.43. The average Bonchev–Trinajstić information content (AvgIpc) is 2.79. The topological polar surface area (TPSA) is 50.9 Å². The minimum Gasteiger partial charge on any atom is -0.380 e. The molecule has 2 rings (SSSR count). The Labute approximate surface area is 106 Å². The highest BCUT2D eigenvalue weighted by molar-refractivity contribution is 9.10. The van der Waals surface area contributed by atoms with E-state index in [1.165, 1.54) is 18.5 Å². The van der Waals surface area contributed by atoms with Crippen molar-refractivity contribution in [1.82, 2.24) is 14.8 Å². The lowest BCUT2D eigenvalue weighted by Crippen LogP contribution is -2.11. The molecule has 0 aliphatic rings. The maximum Gasteiger partial charge on any atom is 0.160 e. The highest BCUT2D eigenvalue weighted by Crippen LogP contribution is 2.28. The summed E-state index contributed by atoms with van der Waals surface area (Å²) in [5, 5.41) is 14.1. The summed E-state index contributed by atoms with van der Waals surface area (Å²) in [4.78, 5) is 3.99. The molecule has 1 unspecified atom stereocenters. The SMILES string of the molecule is CCn1ncnc1C(O)c1cc(F)ccc1Br. The predicted octanol–water partition coefficient (Wildman–Crippen LogP) is 2.28. The van der Waals surface area contributed by atoms with Gasteiger partial charge in [0.15, 0.2) is 5.82 Å². The van der Waals surface area contributed by atoms with Gasteiger partial charge in [-0.3, -0.25) is 0 Å². The molecule has 2 aromatic rings. The van der Waals surface area contributed by atoms with Gasteiger partial charge in [-0.15, -0.1) is 0 Å². The summed E-state index contributed by atoms with van der Waals surface area (Å²) in [6.45, 7) is 2.49. The Morgan fingerprint density at radius 2 is 2.29 bits per heavy atom. The Hall–Kier alpha value is -1.27. The number of benzene rings is 1. The van der Waals surface area contributed by atoms with E-state index in [0.717, 1.165) is 0 Å². The van der Waals surface area contributed by atoms with Gasteiger partial charge in [0, 0.05) is 16.6 Å². The number of nitrogens with zero attached hydrogens (tertiary/aromatic N) is 3. The maximum atomic E-state index is 13.2. The second-order valence-electron chi connectivity index (χ2n) is 3.50. The summed E-state index contributed by atoms with van der Waals surface area (Å²) in [5.41, 5.74) is 0.438. The van der Waals surface area contributed by atoms with Gasteiger partial charge < -0.3 is 5.11 Å². The summed E-state index contributed by atoms with van der Waals surface area (Å²) in [6, 6.07) is 4.16. The third kappa shape index (κ3) is 2.37. The van der Waals surface area contributed by atoms with Crippen LogP contribution in [0.4, 0.5) is 4.39 Å². The molecule has 1 N–H and O–H groups in total. The van der Waals surface area contributed by atoms with Gasteiger partial charge in [0.05, 0.1) is 0 Å². The van der Waals surface area contributed by atoms with Crippen LogP contribution in [-0.2, 0) is 6.54 Å². The lowest BCUT2D eigenvalue weighted by Gasteiger charge is -2.13. The van der Waals surface area contributed by atoms with Crippen molar-refractivity contribution >= 4 is 15.9 Å². The van der Waals surface area contributed by atoms with Crippen LogP contribution in [0.3, 0.4) is 0 Å². The first-order valence-electron chi connectivity index (χ1n) is 5.14. The second kappa shape index (κ2) is 4.93. The lowest BCUT2D eigenvalue weighted by atomic mass is 10.1. The Kier molecular flexibility index (Phi) is 3.54. The van der Waals surface area contributed by atoms with Crippen molar-refractivity contribution in [3.8, 4) is 0 Å². The molecule has 0 fully saturated rings. The van der Waals surface area contributed by atoms with Gasteiger partial charge in [0.1, 0.15) is 18.2 Å². The van der Waals surface area contributed by atoms with Gasteiger partial charge in [-0.05, 0) is 25.1 Å². The van der Waals surface area contributed by atoms with Gasteiger partial charge in [-0.1, -0.05) is 15.9 Å². The zero-order chi connectivity index (χ0) is 12.4. The monoisotopic (exact) mass is 299 g/mol. The van der Waals surface area contributed by atoms with Crippen molar-refractivity contribution in [3.63, 3.8) is 0 Å². The molecule has 1 aromatic carbocycles. The van der Waals surface area contributed by atoms with E-state index in [-0.39, 0.29) is 0 Å². The molecular formula is C11H11BrFN3O. The minimum atomic E-state index is -0.998. The molecule has 0 radical (unpaired) electrons. The van der Waals surface area contributed by atoms with E-state index in [1.807, 2.05) is 6.92 Å². The summed E-state index contributed by atoms with van der Waals surface area (Å²) in [5.74, 6) is 0.00335. The molecule has 0 bridgehead atoms. The van der Waals surface area contributed by atoms with Crippen molar-refractivity contribution < 1.29 is 9.50 Å². The van der Waals surface area contributed by atoms with Crippen LogP contribution in [0.1, 0.15) is 24.4 Å². The highest BCUT2D eigenvalue weighted by atomic mass is 79.9. The quantitative estimate of drug-likeness (QED) is 0.946. The van der Waals surface area contributed by atoms with Gasteiger partial charge >= 0.3 is 0 Å². The van der Waals surface area contributed by atoms with Crippen molar-refractivity contribution in [2.45, 2.75) is 19.6 Å². The van der Waals surface area contributed by atoms with Gasteiger partial charge in [0.2, 0.25) is 0 Å². The first kappa shape index (κ1) is 12.2. The molecule has 1 atom stereocenters. The van der Waals surface area contributed by atoms with Crippen LogP contribution < -0.4 is 0 Å². The smallest absolute Gasteiger partial charge is 0.160 e. The number of halogens is 2. The fourth-order valence-corrected chi connectivity index (χ4v) is 2.06. The second-order valence-corrected chi connectivity index (χ2v) is 4.36. The largest absolute Gasteiger partial charge is 0.380 e. The molecule has 0 aliphatic carbocycles. The number of aliphatic hydroxyl groups is 1. The van der Waals surface area contributed by atoms with E-state index < -0.39 is 11.9 Å². The molecule has 0 amide bonds. The first-order valence-corrected chi connectivity index (χ1v) is 5.93. The lowest BCUT2D eigenvalue weighted by molar-refractivity contribution is 0.201. The molecular weight excluding hydrogens is 289 g/mol. The van der Waals surface area contributed by atoms with Crippen LogP contribution in [0.5, 0.6) is 0 Å². The standard InChI is InChI=1S/C11H11BrFN3O/c1-2-16-11(14-6-15-16)10(17)8-5-7(13)3-4-9(8)12/h3-6,10,17H,2H2,1H3. The summed E-state index contributed by atoms with van der Waals surface area (Å²) >= 11 is 3.28. The molecule has 4 nitrogen and oxygen atoms in total. The molecule has 0 saturated carbocycles. The van der Waals surface area contributed by atoms with Crippen LogP contribution in [0.15, 0.2) is 29.0 Å². The van der Waals surface area contributed by atoms with E-state index in [2.05, 4.69) is 26.0 Å². The zero-order valence-electron chi connectivity index (χ0n) is 9.14. The number of aryl methyl sites for hydroxylation is 1. The van der Waals surface area contributed by atoms with Crippen molar-refractivity contribution in [2.75, 3.05) is 0 Å². The number of hydrogen-bond acceptors (Lipinski definition) is 3. The fraction of sp³-hybridized carbons (Fsp3) is 0.273. The summed E-state index contributed by atoms with van der Waals surface area (Å²) in [6.07, 6.45) is 0.373. The van der Waals surface area contributed by atoms with Crippen LogP contribution in [-0.4, -0.2) is 19.9 Å². The van der Waals surface area contributed by atoms with E-state index in [9.17, 15) is 9.50 Å². The molecule has 17 heavy (non-hydrogen) atoms. The number of hydrogen-bond donors (Lipinski definition) is 1. The zero-order valence-corrected chi connectivity index (χ0v) is 10.7. The molecule has 0 aliphatic heterocycles. The first-order chi connectivity index (χ1) is 8.13. The predicted molar refractivity (Wildman–Crippen MR) is 63.9 cm³/mol. The fourth-order valence-electron chi connectivity index (χ4n) is 1.59. The van der Waals surface area contributed by atoms with Crippen molar-refractivity contribution in [1.29, 1.82) is 0 Å². The summed E-state index contributed by atoms with van der Waals surface area (Å²) in [7, 11) is 0. The molecule has 90 valence electrons. The van der Waals surface area contributed by atoms with Gasteiger partial charge in [-0.2, -0.15) is 5.10 Å². The Morgan fingerprint density at radius 1 is 1.53 bits per heavy atom. The third-order valence-corrected chi connectivity index (χ3v) is 3.16. The van der Waals surface area contributed by atoms with E-state index in [1.54, 1.807) is 10.7 Å². The molecule has 1 heterocycles. The van der Waals surface area contributed by atoms with Crippen molar-refractivity contribution in [2.24, 2.45) is 0 Å². The van der Waals surface area contributed by atoms with Crippen LogP contribution >= 0.6 is 15.9 Å². The van der Waals surface area contributed by atoms with Crippen LogP contribution in [0.2, 0.25) is 0 Å². The van der Waals surface area contributed by atoms with Gasteiger partial charge in [0.25, 0.3) is 0 Å². The number of aromatic nitrogens is 3. The minimum absolute atomic E-state index is 0.398. The Morgan fingerprint density at radius 3 is 3.00 bits per heavy atom. The summed E-state index contributed by atoms with van der Waals surface area (Å²) < 4.78 is 15.4. The maximum absolute atomic E-state index is 13.2. The van der Waals surface area contributed by atoms with E-state index in [0.29, 0.717) is 22.4 Å². The van der Waals surface area contributed by atoms with Crippen molar-refractivity contribution in [3.05, 3.63) is 46.2 Å². The van der Waals surface area contributed by atoms with E-state index in [4.69, 9.17) is 0 Å². The number of aliphatic hydroxyl groups excluding tert-OH is 1. The molecule has 0 saturated heterocycles. The third-order valence-electron chi connectivity index (χ3n) is 2.44. The van der Waals surface area contributed by atoms with Gasteiger partial charge in [-0.25, -0.2) is 14.1 Å². The molecule has 6 heteroatoms. The average molecular weight is 300 g/mol. The Bertz CT molecular complexity index is 529.